The maximum atomic E-state index is 6.45. The summed E-state index contributed by atoms with van der Waals surface area (Å²) in [5, 5.41) is 4.35. The van der Waals surface area contributed by atoms with E-state index in [0.29, 0.717) is 12.0 Å². The summed E-state index contributed by atoms with van der Waals surface area (Å²) in [4.78, 5) is 11.3. The zero-order valence-corrected chi connectivity index (χ0v) is 17.6. The zero-order chi connectivity index (χ0) is 20.1. The molecule has 5 heteroatoms. The monoisotopic (exact) mass is 416 g/mol. The van der Waals surface area contributed by atoms with E-state index in [1.54, 1.807) is 12.4 Å². The van der Waals surface area contributed by atoms with Crippen molar-refractivity contribution in [1.82, 2.24) is 14.9 Å². The second-order valence-corrected chi connectivity index (χ2v) is 9.36. The van der Waals surface area contributed by atoms with Crippen LogP contribution < -0.4 is 5.32 Å². The number of benzene rings is 2. The first-order chi connectivity index (χ1) is 14.7. The topological polar surface area (TPSA) is 41.0 Å². The third-order valence-electron chi connectivity index (χ3n) is 7.29. The molecule has 2 bridgehead atoms. The molecule has 2 atom stereocenters. The van der Waals surface area contributed by atoms with Crippen LogP contribution in [0.2, 0.25) is 5.02 Å². The fraction of sp³-hybridized carbons (Fsp3) is 0.360. The van der Waals surface area contributed by atoms with Crippen LogP contribution in [-0.4, -0.2) is 40.5 Å². The third-order valence-corrected chi connectivity index (χ3v) is 7.53. The molecule has 2 heterocycles. The molecule has 1 fully saturated rings. The Morgan fingerprint density at radius 2 is 1.73 bits per heavy atom. The van der Waals surface area contributed by atoms with Crippen molar-refractivity contribution >= 4 is 17.5 Å². The first-order valence-electron chi connectivity index (χ1n) is 10.9. The summed E-state index contributed by atoms with van der Waals surface area (Å²) in [6.45, 7) is 3.26. The van der Waals surface area contributed by atoms with Gasteiger partial charge in [0.05, 0.1) is 0 Å². The number of rotatable bonds is 4. The van der Waals surface area contributed by atoms with Crippen LogP contribution in [0.3, 0.4) is 0 Å². The predicted molar refractivity (Wildman–Crippen MR) is 120 cm³/mol. The van der Waals surface area contributed by atoms with Crippen LogP contribution in [0.4, 0.5) is 5.95 Å². The molecule has 1 aliphatic heterocycles. The Labute approximate surface area is 182 Å². The Morgan fingerprint density at radius 1 is 0.967 bits per heavy atom. The molecule has 3 aliphatic rings. The number of nitrogens with zero attached hydrogens (tertiary/aromatic N) is 3. The average molecular weight is 417 g/mol. The lowest BCUT2D eigenvalue weighted by molar-refractivity contribution is 0.186. The number of halogens is 1. The smallest absolute Gasteiger partial charge is 0.222 e. The second kappa shape index (κ2) is 7.07. The SMILES string of the molecule is Clc1ccc2c(c1)[C@@]1(CN3CCC(Nc4ncccn4)CC3)C[C@H]2c2ccccc21. The summed E-state index contributed by atoms with van der Waals surface area (Å²) in [6.07, 6.45) is 6.99. The number of fused-ring (bicyclic) bond motifs is 8. The van der Waals surface area contributed by atoms with E-state index in [1.165, 1.54) is 28.7 Å². The van der Waals surface area contributed by atoms with Gasteiger partial charge in [-0.1, -0.05) is 41.9 Å². The van der Waals surface area contributed by atoms with E-state index in [0.717, 1.165) is 43.4 Å². The number of hydrogen-bond donors (Lipinski definition) is 1. The van der Waals surface area contributed by atoms with Gasteiger partial charge in [0.15, 0.2) is 0 Å². The summed E-state index contributed by atoms with van der Waals surface area (Å²) >= 11 is 6.45. The molecule has 4 nitrogen and oxygen atoms in total. The van der Waals surface area contributed by atoms with Crippen molar-refractivity contribution in [3.8, 4) is 0 Å². The van der Waals surface area contributed by atoms with Crippen LogP contribution in [-0.2, 0) is 5.41 Å². The van der Waals surface area contributed by atoms with Gasteiger partial charge in [-0.15, -0.1) is 0 Å². The van der Waals surface area contributed by atoms with Crippen LogP contribution >= 0.6 is 11.6 Å². The molecule has 0 saturated carbocycles. The Kier molecular flexibility index (Phi) is 4.32. The highest BCUT2D eigenvalue weighted by Gasteiger charge is 2.53. The van der Waals surface area contributed by atoms with Gasteiger partial charge in [0.2, 0.25) is 5.95 Å². The molecule has 0 unspecified atom stereocenters. The van der Waals surface area contributed by atoms with Gasteiger partial charge >= 0.3 is 0 Å². The lowest BCUT2D eigenvalue weighted by atomic mass is 9.74. The molecule has 0 radical (unpaired) electrons. The number of hydrogen-bond acceptors (Lipinski definition) is 4. The molecule has 2 aromatic carbocycles. The number of aromatic nitrogens is 2. The van der Waals surface area contributed by atoms with Gasteiger partial charge in [0.1, 0.15) is 0 Å². The van der Waals surface area contributed by atoms with Gasteiger partial charge in [-0.3, -0.25) is 0 Å². The van der Waals surface area contributed by atoms with E-state index in [2.05, 4.69) is 62.6 Å². The van der Waals surface area contributed by atoms with Gasteiger partial charge in [-0.2, -0.15) is 0 Å². The normalized spacial score (nSPS) is 25.2. The number of nitrogens with one attached hydrogen (secondary N) is 1. The molecule has 1 aromatic heterocycles. The lowest BCUT2D eigenvalue weighted by Crippen LogP contribution is -2.46. The van der Waals surface area contributed by atoms with Crippen molar-refractivity contribution in [1.29, 1.82) is 0 Å². The van der Waals surface area contributed by atoms with E-state index in [4.69, 9.17) is 11.6 Å². The van der Waals surface area contributed by atoms with E-state index in [-0.39, 0.29) is 5.41 Å². The maximum absolute atomic E-state index is 6.45. The minimum Gasteiger partial charge on any atom is -0.351 e. The fourth-order valence-electron chi connectivity index (χ4n) is 5.99. The second-order valence-electron chi connectivity index (χ2n) is 8.92. The van der Waals surface area contributed by atoms with E-state index in [9.17, 15) is 0 Å². The average Bonchev–Trinajstić information content (AvgIpc) is 3.27. The first kappa shape index (κ1) is 18.3. The third kappa shape index (κ3) is 2.85. The van der Waals surface area contributed by atoms with Crippen molar-refractivity contribution in [2.24, 2.45) is 0 Å². The van der Waals surface area contributed by atoms with Crippen LogP contribution in [0.15, 0.2) is 60.9 Å². The predicted octanol–water partition coefficient (Wildman–Crippen LogP) is 4.84. The number of piperidine rings is 1. The van der Waals surface area contributed by atoms with Gasteiger partial charge in [-0.25, -0.2) is 9.97 Å². The van der Waals surface area contributed by atoms with Crippen molar-refractivity contribution < 1.29 is 0 Å². The summed E-state index contributed by atoms with van der Waals surface area (Å²) in [6, 6.07) is 17.9. The summed E-state index contributed by atoms with van der Waals surface area (Å²) in [7, 11) is 0. The van der Waals surface area contributed by atoms with Crippen LogP contribution in [0.5, 0.6) is 0 Å². The summed E-state index contributed by atoms with van der Waals surface area (Å²) < 4.78 is 0. The van der Waals surface area contributed by atoms with Crippen molar-refractivity contribution in [3.05, 3.63) is 88.2 Å². The highest BCUT2D eigenvalue weighted by atomic mass is 35.5. The van der Waals surface area contributed by atoms with E-state index in [1.807, 2.05) is 6.07 Å². The minimum atomic E-state index is 0.0737. The molecule has 2 aliphatic carbocycles. The highest BCUT2D eigenvalue weighted by Crippen LogP contribution is 2.60. The molecule has 0 spiro atoms. The summed E-state index contributed by atoms with van der Waals surface area (Å²) in [5.41, 5.74) is 6.05. The molecule has 3 aromatic rings. The molecular formula is C25H25ClN4. The number of likely N-dealkylation sites (tertiary alicyclic amines) is 1. The van der Waals surface area contributed by atoms with Gasteiger partial charge in [0, 0.05) is 54.4 Å². The van der Waals surface area contributed by atoms with Crippen LogP contribution in [0.25, 0.3) is 0 Å². The molecule has 30 heavy (non-hydrogen) atoms. The largest absolute Gasteiger partial charge is 0.351 e. The molecule has 0 amide bonds. The van der Waals surface area contributed by atoms with Gasteiger partial charge in [0.25, 0.3) is 0 Å². The molecule has 152 valence electrons. The molecular weight excluding hydrogens is 392 g/mol. The quantitative estimate of drug-likeness (QED) is 0.660. The minimum absolute atomic E-state index is 0.0737. The lowest BCUT2D eigenvalue weighted by Gasteiger charge is -2.40. The maximum Gasteiger partial charge on any atom is 0.222 e. The van der Waals surface area contributed by atoms with Crippen LogP contribution in [0.1, 0.15) is 47.4 Å². The first-order valence-corrected chi connectivity index (χ1v) is 11.3. The standard InChI is InChI=1S/C25H25ClN4/c26-17-6-7-20-21-15-25(23(20)14-17,22-5-2-1-4-19(21)22)16-30-12-8-18(9-13-30)29-24-27-10-3-11-28-24/h1-7,10-11,14,18,21H,8-9,12-13,15-16H2,(H,27,28,29)/t21-,25+/m0/s1. The Hall–Kier alpha value is -2.43. The van der Waals surface area contributed by atoms with Gasteiger partial charge in [-0.05, 0) is 59.7 Å². The van der Waals surface area contributed by atoms with Crippen molar-refractivity contribution in [2.75, 3.05) is 25.0 Å². The van der Waals surface area contributed by atoms with Crippen molar-refractivity contribution in [2.45, 2.75) is 36.6 Å². The number of anilines is 1. The van der Waals surface area contributed by atoms with E-state index < -0.39 is 0 Å². The zero-order valence-electron chi connectivity index (χ0n) is 16.9. The fourth-order valence-corrected chi connectivity index (χ4v) is 6.16. The molecule has 1 saturated heterocycles. The summed E-state index contributed by atoms with van der Waals surface area (Å²) in [5.74, 6) is 1.25. The molecule has 6 rings (SSSR count). The van der Waals surface area contributed by atoms with Crippen LogP contribution in [0, 0.1) is 0 Å². The van der Waals surface area contributed by atoms with Crippen molar-refractivity contribution in [3.63, 3.8) is 0 Å². The Balaban J connectivity index is 1.24. The Bertz CT molecular complexity index is 1080. The van der Waals surface area contributed by atoms with E-state index >= 15 is 0 Å². The van der Waals surface area contributed by atoms with Gasteiger partial charge < -0.3 is 10.2 Å². The molecule has 1 N–H and O–H groups in total. The highest BCUT2D eigenvalue weighted by molar-refractivity contribution is 6.30. The Morgan fingerprint density at radius 3 is 2.57 bits per heavy atom.